The lowest BCUT2D eigenvalue weighted by atomic mass is 9.89. The van der Waals surface area contributed by atoms with Crippen LogP contribution in [0.3, 0.4) is 0 Å². The Kier molecular flexibility index (Phi) is 14.6. The molecule has 2 rings (SSSR count). The van der Waals surface area contributed by atoms with Crippen LogP contribution in [-0.2, 0) is 16.0 Å². The van der Waals surface area contributed by atoms with Crippen LogP contribution in [0.5, 0.6) is 0 Å². The highest BCUT2D eigenvalue weighted by Gasteiger charge is 2.39. The van der Waals surface area contributed by atoms with E-state index >= 15 is 0 Å². The molecule has 1 saturated carbocycles. The number of allylic oxidation sites excluding steroid dienone is 2. The molecular formula is C27H42O6. The second-order valence-electron chi connectivity index (χ2n) is 8.56. The maximum absolute atomic E-state index is 11.7. The number of hydrogen-bond acceptors (Lipinski definition) is 6. The highest BCUT2D eigenvalue weighted by molar-refractivity contribution is 5.69. The van der Waals surface area contributed by atoms with E-state index in [0.717, 1.165) is 31.9 Å². The monoisotopic (exact) mass is 462 g/mol. The van der Waals surface area contributed by atoms with Gasteiger partial charge in [0.15, 0.2) is 0 Å². The predicted octanol–water partition coefficient (Wildman–Crippen LogP) is 3.57. The molecule has 1 aliphatic carbocycles. The van der Waals surface area contributed by atoms with E-state index in [2.05, 4.69) is 0 Å². The number of unbranched alkanes of at least 4 members (excludes halogenated alkanes) is 1. The van der Waals surface area contributed by atoms with Crippen LogP contribution in [0.4, 0.5) is 0 Å². The fourth-order valence-corrected chi connectivity index (χ4v) is 3.99. The normalized spacial score (nSPS) is 24.5. The first-order valence-corrected chi connectivity index (χ1v) is 12.0. The first-order valence-electron chi connectivity index (χ1n) is 12.0. The van der Waals surface area contributed by atoms with Crippen molar-refractivity contribution in [1.29, 1.82) is 0 Å². The summed E-state index contributed by atoms with van der Waals surface area (Å²) in [5, 5.41) is 38.0. The molecule has 0 saturated heterocycles. The summed E-state index contributed by atoms with van der Waals surface area (Å²) in [7, 11) is 1.00. The van der Waals surface area contributed by atoms with Gasteiger partial charge in [0.25, 0.3) is 0 Å². The molecule has 3 unspecified atom stereocenters. The summed E-state index contributed by atoms with van der Waals surface area (Å²) >= 11 is 0. The Morgan fingerprint density at radius 2 is 1.85 bits per heavy atom. The van der Waals surface area contributed by atoms with Gasteiger partial charge >= 0.3 is 5.97 Å². The molecule has 186 valence electrons. The van der Waals surface area contributed by atoms with Crippen molar-refractivity contribution in [3.8, 4) is 0 Å². The van der Waals surface area contributed by atoms with Crippen molar-refractivity contribution in [1.82, 2.24) is 0 Å². The van der Waals surface area contributed by atoms with Crippen molar-refractivity contribution < 1.29 is 30.0 Å². The number of ether oxygens (including phenoxy) is 1. The topological polar surface area (TPSA) is 107 Å². The first-order chi connectivity index (χ1) is 15.9. The molecule has 0 bridgehead atoms. The second-order valence-corrected chi connectivity index (χ2v) is 8.56. The molecule has 4 N–H and O–H groups in total. The number of esters is 1. The lowest BCUT2D eigenvalue weighted by Gasteiger charge is -2.19. The minimum atomic E-state index is -0.626. The number of carbonyl (C=O) groups excluding carboxylic acids is 1. The average molecular weight is 463 g/mol. The molecule has 1 aromatic rings. The Hall–Kier alpha value is -1.99. The van der Waals surface area contributed by atoms with E-state index in [9.17, 15) is 20.1 Å². The van der Waals surface area contributed by atoms with Crippen molar-refractivity contribution in [3.05, 3.63) is 60.2 Å². The maximum Gasteiger partial charge on any atom is 0.306 e. The molecule has 6 heteroatoms. The predicted molar refractivity (Wildman–Crippen MR) is 130 cm³/mol. The van der Waals surface area contributed by atoms with E-state index in [0.29, 0.717) is 25.7 Å². The Bertz CT molecular complexity index is 702. The van der Waals surface area contributed by atoms with Crippen LogP contribution in [0, 0.1) is 11.8 Å². The van der Waals surface area contributed by atoms with E-state index < -0.39 is 18.3 Å². The number of aliphatic hydroxyl groups excluding tert-OH is 4. The molecule has 1 fully saturated rings. The number of hydrogen-bond donors (Lipinski definition) is 4. The van der Waals surface area contributed by atoms with Gasteiger partial charge in [-0.15, -0.1) is 0 Å². The van der Waals surface area contributed by atoms with Crippen LogP contribution < -0.4 is 0 Å². The summed E-state index contributed by atoms with van der Waals surface area (Å²) in [4.78, 5) is 11.7. The molecule has 33 heavy (non-hydrogen) atoms. The van der Waals surface area contributed by atoms with Gasteiger partial charge in [-0.2, -0.15) is 0 Å². The lowest BCUT2D eigenvalue weighted by molar-refractivity contribution is -0.148. The third-order valence-electron chi connectivity index (χ3n) is 5.99. The van der Waals surface area contributed by atoms with Crippen LogP contribution in [0.2, 0.25) is 0 Å². The van der Waals surface area contributed by atoms with Crippen LogP contribution in [0.15, 0.2) is 54.6 Å². The van der Waals surface area contributed by atoms with Gasteiger partial charge < -0.3 is 25.2 Å². The lowest BCUT2D eigenvalue weighted by Crippen LogP contribution is -2.20. The minimum Gasteiger partial charge on any atom is -0.463 e. The number of aliphatic hydroxyl groups is 4. The highest BCUT2D eigenvalue weighted by Crippen LogP contribution is 2.36. The van der Waals surface area contributed by atoms with Gasteiger partial charge in [-0.1, -0.05) is 61.6 Å². The van der Waals surface area contributed by atoms with E-state index in [1.807, 2.05) is 62.4 Å². The summed E-state index contributed by atoms with van der Waals surface area (Å²) in [6.07, 6.45) is 10.1. The summed E-state index contributed by atoms with van der Waals surface area (Å²) < 4.78 is 5.26. The Balaban J connectivity index is 0.00000265. The van der Waals surface area contributed by atoms with Crippen molar-refractivity contribution >= 4 is 5.97 Å². The molecule has 0 radical (unpaired) electrons. The zero-order valence-corrected chi connectivity index (χ0v) is 20.2. The minimum absolute atomic E-state index is 0.0328. The molecule has 0 amide bonds. The zero-order chi connectivity index (χ0) is 24.6. The van der Waals surface area contributed by atoms with Gasteiger partial charge in [-0.05, 0) is 44.1 Å². The summed E-state index contributed by atoms with van der Waals surface area (Å²) in [5.41, 5.74) is 1.05. The van der Waals surface area contributed by atoms with E-state index in [1.165, 1.54) is 0 Å². The Morgan fingerprint density at radius 1 is 1.15 bits per heavy atom. The molecular weight excluding hydrogens is 420 g/mol. The molecule has 1 aromatic carbocycles. The summed E-state index contributed by atoms with van der Waals surface area (Å²) in [5.74, 6) is -0.422. The van der Waals surface area contributed by atoms with E-state index in [1.54, 1.807) is 6.08 Å². The third kappa shape index (κ3) is 11.1. The largest absolute Gasteiger partial charge is 0.463 e. The fourth-order valence-electron chi connectivity index (χ4n) is 3.99. The fraction of sp³-hybridized carbons (Fsp3) is 0.593. The van der Waals surface area contributed by atoms with Crippen molar-refractivity contribution in [3.63, 3.8) is 0 Å². The van der Waals surface area contributed by atoms with Crippen molar-refractivity contribution in [2.75, 3.05) is 7.11 Å². The molecule has 0 aromatic heterocycles. The van der Waals surface area contributed by atoms with Gasteiger partial charge in [0.05, 0.1) is 24.4 Å². The number of rotatable bonds is 12. The molecule has 0 spiro atoms. The van der Waals surface area contributed by atoms with Crippen LogP contribution >= 0.6 is 0 Å². The molecule has 6 nitrogen and oxygen atoms in total. The number of carbonyl (C=O) groups is 1. The standard InChI is InChI=1S/C26H38O5.CH4O/c1-3-19(2)31-26(30)14-10-5-4-9-13-22-23(25(29)18-24(22)28)16-15-21(27)17-20-11-7-6-8-12-20;1-2/h4,6-9,11-12,15-16,19,21-25,27-29H,3,5,10,13-14,17-18H2,1-2H3;2H,1H3/b9-4-,16-15+;/t19?,21-,22?,23?,24+,25-;/m1./s1. The Morgan fingerprint density at radius 3 is 2.52 bits per heavy atom. The smallest absolute Gasteiger partial charge is 0.306 e. The van der Waals surface area contributed by atoms with E-state index in [-0.39, 0.29) is 23.9 Å². The summed E-state index contributed by atoms with van der Waals surface area (Å²) in [6, 6.07) is 9.78. The quantitative estimate of drug-likeness (QED) is 0.215. The van der Waals surface area contributed by atoms with Crippen molar-refractivity contribution in [2.24, 2.45) is 11.8 Å². The first kappa shape index (κ1) is 29.0. The number of benzene rings is 1. The molecule has 0 heterocycles. The van der Waals surface area contributed by atoms with Crippen LogP contribution in [-0.4, -0.2) is 57.9 Å². The highest BCUT2D eigenvalue weighted by atomic mass is 16.5. The summed E-state index contributed by atoms with van der Waals surface area (Å²) in [6.45, 7) is 3.88. The SMILES string of the molecule is CCC(C)OC(=O)CCC/C=C\CC1C(/C=C/[C@@H](O)Cc2ccccc2)[C@H](O)C[C@@H]1O.CO. The maximum atomic E-state index is 11.7. The van der Waals surface area contributed by atoms with Gasteiger partial charge in [0.2, 0.25) is 0 Å². The molecule has 6 atom stereocenters. The third-order valence-corrected chi connectivity index (χ3v) is 5.99. The van der Waals surface area contributed by atoms with Crippen molar-refractivity contribution in [2.45, 2.75) is 83.2 Å². The average Bonchev–Trinajstić information content (AvgIpc) is 3.08. The second kappa shape index (κ2) is 16.6. The van der Waals surface area contributed by atoms with Gasteiger partial charge in [-0.25, -0.2) is 0 Å². The molecule has 0 aliphatic heterocycles. The van der Waals surface area contributed by atoms with Gasteiger partial charge in [-0.3, -0.25) is 4.79 Å². The zero-order valence-electron chi connectivity index (χ0n) is 20.2. The van der Waals surface area contributed by atoms with Gasteiger partial charge in [0.1, 0.15) is 0 Å². The van der Waals surface area contributed by atoms with Crippen LogP contribution in [0.1, 0.15) is 57.9 Å². The van der Waals surface area contributed by atoms with Gasteiger partial charge in [0, 0.05) is 32.3 Å². The van der Waals surface area contributed by atoms with Crippen LogP contribution in [0.25, 0.3) is 0 Å². The Labute approximate surface area is 198 Å². The molecule has 1 aliphatic rings. The van der Waals surface area contributed by atoms with E-state index in [4.69, 9.17) is 9.84 Å².